The molecular weight excluding hydrogens is 200 g/mol. The van der Waals surface area contributed by atoms with Gasteiger partial charge in [-0.1, -0.05) is 18.5 Å². The van der Waals surface area contributed by atoms with Crippen molar-refractivity contribution in [2.75, 3.05) is 0 Å². The van der Waals surface area contributed by atoms with Crippen LogP contribution in [0.5, 0.6) is 0 Å². The van der Waals surface area contributed by atoms with Crippen molar-refractivity contribution in [3.05, 3.63) is 29.0 Å². The number of rotatable bonds is 4. The number of Topliss-reactive ketones (excluding diaryl/α,β-unsaturated/α-hetero) is 1. The SMILES string of the molecule is CCC(N)C(=O)Cc1ccncc1Cl. The van der Waals surface area contributed by atoms with Gasteiger partial charge in [-0.05, 0) is 18.1 Å². The second-order valence-corrected chi connectivity index (χ2v) is 3.53. The highest BCUT2D eigenvalue weighted by Gasteiger charge is 2.13. The molecule has 0 saturated heterocycles. The highest BCUT2D eigenvalue weighted by Crippen LogP contribution is 2.14. The molecule has 1 aromatic rings. The minimum absolute atomic E-state index is 0.0144. The van der Waals surface area contributed by atoms with Gasteiger partial charge < -0.3 is 5.73 Å². The minimum atomic E-state index is -0.390. The molecule has 0 spiro atoms. The van der Waals surface area contributed by atoms with E-state index < -0.39 is 0 Å². The van der Waals surface area contributed by atoms with Crippen molar-refractivity contribution in [2.24, 2.45) is 5.73 Å². The van der Waals surface area contributed by atoms with Crippen molar-refractivity contribution in [2.45, 2.75) is 25.8 Å². The van der Waals surface area contributed by atoms with Gasteiger partial charge in [-0.25, -0.2) is 0 Å². The van der Waals surface area contributed by atoms with Crippen LogP contribution in [0.2, 0.25) is 5.02 Å². The van der Waals surface area contributed by atoms with E-state index in [-0.39, 0.29) is 18.2 Å². The Bertz CT molecular complexity index is 328. The quantitative estimate of drug-likeness (QED) is 0.825. The third kappa shape index (κ3) is 2.79. The highest BCUT2D eigenvalue weighted by atomic mass is 35.5. The molecule has 2 N–H and O–H groups in total. The van der Waals surface area contributed by atoms with E-state index in [0.717, 1.165) is 5.56 Å². The summed E-state index contributed by atoms with van der Waals surface area (Å²) < 4.78 is 0. The number of pyridine rings is 1. The third-order valence-corrected chi connectivity index (χ3v) is 2.41. The van der Waals surface area contributed by atoms with Crippen molar-refractivity contribution in [1.29, 1.82) is 0 Å². The molecule has 3 nitrogen and oxygen atoms in total. The summed E-state index contributed by atoms with van der Waals surface area (Å²) in [5.41, 5.74) is 6.39. The van der Waals surface area contributed by atoms with Crippen LogP contribution in [0.15, 0.2) is 18.5 Å². The first kappa shape index (κ1) is 11.1. The number of nitrogens with two attached hydrogens (primary N) is 1. The Kier molecular flexibility index (Phi) is 4.04. The molecule has 0 aliphatic rings. The van der Waals surface area contributed by atoms with Crippen molar-refractivity contribution in [3.8, 4) is 0 Å². The van der Waals surface area contributed by atoms with Crippen molar-refractivity contribution in [3.63, 3.8) is 0 Å². The van der Waals surface area contributed by atoms with Gasteiger partial charge in [0.25, 0.3) is 0 Å². The summed E-state index contributed by atoms with van der Waals surface area (Å²) in [4.78, 5) is 15.3. The Balaban J connectivity index is 2.70. The van der Waals surface area contributed by atoms with Gasteiger partial charge >= 0.3 is 0 Å². The zero-order valence-corrected chi connectivity index (χ0v) is 8.79. The first-order valence-electron chi connectivity index (χ1n) is 4.51. The lowest BCUT2D eigenvalue weighted by atomic mass is 10.0. The molecule has 76 valence electrons. The van der Waals surface area contributed by atoms with Gasteiger partial charge in [-0.3, -0.25) is 9.78 Å². The molecule has 0 saturated carbocycles. The fraction of sp³-hybridized carbons (Fsp3) is 0.400. The number of carbonyl (C=O) groups is 1. The zero-order chi connectivity index (χ0) is 10.6. The van der Waals surface area contributed by atoms with Crippen molar-refractivity contribution >= 4 is 17.4 Å². The Morgan fingerprint density at radius 3 is 3.00 bits per heavy atom. The molecular formula is C10H13ClN2O. The molecule has 1 heterocycles. The van der Waals surface area contributed by atoms with Crippen molar-refractivity contribution in [1.82, 2.24) is 4.98 Å². The average molecular weight is 213 g/mol. The van der Waals surface area contributed by atoms with Crippen LogP contribution in [-0.4, -0.2) is 16.8 Å². The van der Waals surface area contributed by atoms with Crippen LogP contribution >= 0.6 is 11.6 Å². The van der Waals surface area contributed by atoms with Gasteiger partial charge in [-0.2, -0.15) is 0 Å². The number of ketones is 1. The first-order valence-corrected chi connectivity index (χ1v) is 4.89. The fourth-order valence-electron chi connectivity index (χ4n) is 1.09. The van der Waals surface area contributed by atoms with Gasteiger partial charge in [0.15, 0.2) is 5.78 Å². The maximum Gasteiger partial charge on any atom is 0.153 e. The van der Waals surface area contributed by atoms with Crippen LogP contribution in [0.4, 0.5) is 0 Å². The van der Waals surface area contributed by atoms with Crippen LogP contribution in [0, 0.1) is 0 Å². The molecule has 0 bridgehead atoms. The highest BCUT2D eigenvalue weighted by molar-refractivity contribution is 6.31. The van der Waals surface area contributed by atoms with Gasteiger partial charge in [0.1, 0.15) is 0 Å². The molecule has 1 atom stereocenters. The molecule has 0 fully saturated rings. The molecule has 1 aromatic heterocycles. The molecule has 1 rings (SSSR count). The largest absolute Gasteiger partial charge is 0.322 e. The zero-order valence-electron chi connectivity index (χ0n) is 8.03. The number of aromatic nitrogens is 1. The van der Waals surface area contributed by atoms with Crippen LogP contribution < -0.4 is 5.73 Å². The summed E-state index contributed by atoms with van der Waals surface area (Å²) in [7, 11) is 0. The number of hydrogen-bond acceptors (Lipinski definition) is 3. The van der Waals surface area contributed by atoms with Crippen molar-refractivity contribution < 1.29 is 4.79 Å². The average Bonchev–Trinajstić information content (AvgIpc) is 2.20. The summed E-state index contributed by atoms with van der Waals surface area (Å²) in [6.45, 7) is 1.89. The molecule has 0 aromatic carbocycles. The Hall–Kier alpha value is -0.930. The van der Waals surface area contributed by atoms with E-state index in [0.29, 0.717) is 11.4 Å². The maximum absolute atomic E-state index is 11.5. The van der Waals surface area contributed by atoms with Gasteiger partial charge in [0.05, 0.1) is 11.1 Å². The molecule has 0 aliphatic carbocycles. The molecule has 0 amide bonds. The Labute approximate surface area is 88.3 Å². The molecule has 0 aliphatic heterocycles. The molecule has 4 heteroatoms. The predicted molar refractivity (Wildman–Crippen MR) is 56.2 cm³/mol. The standard InChI is InChI=1S/C10H13ClN2O/c1-2-9(12)10(14)5-7-3-4-13-6-8(7)11/h3-4,6,9H,2,5,12H2,1H3. The summed E-state index contributed by atoms with van der Waals surface area (Å²) in [6, 6.07) is 1.35. The van der Waals surface area contributed by atoms with Crippen LogP contribution in [0.3, 0.4) is 0 Å². The van der Waals surface area contributed by atoms with E-state index in [1.807, 2.05) is 6.92 Å². The topological polar surface area (TPSA) is 56.0 Å². The smallest absolute Gasteiger partial charge is 0.153 e. The lowest BCUT2D eigenvalue weighted by molar-refractivity contribution is -0.119. The summed E-state index contributed by atoms with van der Waals surface area (Å²) >= 11 is 5.86. The number of nitrogens with zero attached hydrogens (tertiary/aromatic N) is 1. The fourth-order valence-corrected chi connectivity index (χ4v) is 1.28. The van der Waals surface area contributed by atoms with Gasteiger partial charge in [0, 0.05) is 18.8 Å². The number of carbonyl (C=O) groups excluding carboxylic acids is 1. The summed E-state index contributed by atoms with van der Waals surface area (Å²) in [5, 5.41) is 0.518. The normalized spacial score (nSPS) is 12.5. The number of halogens is 1. The van der Waals surface area contributed by atoms with E-state index in [1.165, 1.54) is 6.20 Å². The van der Waals surface area contributed by atoms with E-state index in [1.54, 1.807) is 12.3 Å². The summed E-state index contributed by atoms with van der Waals surface area (Å²) in [5.74, 6) is 0.0144. The Morgan fingerprint density at radius 1 is 1.71 bits per heavy atom. The minimum Gasteiger partial charge on any atom is -0.322 e. The second kappa shape index (κ2) is 5.08. The van der Waals surface area contributed by atoms with Crippen LogP contribution in [-0.2, 0) is 11.2 Å². The lowest BCUT2D eigenvalue weighted by Crippen LogP contribution is -2.30. The lowest BCUT2D eigenvalue weighted by Gasteiger charge is -2.07. The monoisotopic (exact) mass is 212 g/mol. The van der Waals surface area contributed by atoms with Gasteiger partial charge in [-0.15, -0.1) is 0 Å². The summed E-state index contributed by atoms with van der Waals surface area (Å²) in [6.07, 6.45) is 4.09. The van der Waals surface area contributed by atoms with Crippen LogP contribution in [0.25, 0.3) is 0 Å². The van der Waals surface area contributed by atoms with E-state index in [2.05, 4.69) is 4.98 Å². The second-order valence-electron chi connectivity index (χ2n) is 3.12. The number of hydrogen-bond donors (Lipinski definition) is 1. The maximum atomic E-state index is 11.5. The molecule has 1 unspecified atom stereocenters. The van der Waals surface area contributed by atoms with Gasteiger partial charge in [0.2, 0.25) is 0 Å². The Morgan fingerprint density at radius 2 is 2.43 bits per heavy atom. The molecule has 14 heavy (non-hydrogen) atoms. The van der Waals surface area contributed by atoms with E-state index >= 15 is 0 Å². The van der Waals surface area contributed by atoms with E-state index in [9.17, 15) is 4.79 Å². The molecule has 0 radical (unpaired) electrons. The first-order chi connectivity index (χ1) is 6.65. The van der Waals surface area contributed by atoms with Crippen LogP contribution in [0.1, 0.15) is 18.9 Å². The third-order valence-electron chi connectivity index (χ3n) is 2.07. The predicted octanol–water partition coefficient (Wildman–Crippen LogP) is 1.58. The van der Waals surface area contributed by atoms with E-state index in [4.69, 9.17) is 17.3 Å².